The van der Waals surface area contributed by atoms with E-state index < -0.39 is 0 Å². The number of benzene rings is 1. The number of hydrogen-bond donors (Lipinski definition) is 1. The van der Waals surface area contributed by atoms with Gasteiger partial charge in [0.15, 0.2) is 0 Å². The second kappa shape index (κ2) is 4.66. The van der Waals surface area contributed by atoms with Crippen molar-refractivity contribution in [1.29, 1.82) is 0 Å². The van der Waals surface area contributed by atoms with E-state index in [0.29, 0.717) is 6.04 Å². The Bertz CT molecular complexity index is 456. The van der Waals surface area contributed by atoms with Crippen molar-refractivity contribution in [3.05, 3.63) is 24.3 Å². The van der Waals surface area contributed by atoms with Crippen molar-refractivity contribution in [3.63, 3.8) is 0 Å². The van der Waals surface area contributed by atoms with Gasteiger partial charge >= 0.3 is 0 Å². The Kier molecular flexibility index (Phi) is 2.92. The van der Waals surface area contributed by atoms with Crippen LogP contribution in [0.3, 0.4) is 0 Å². The minimum absolute atomic E-state index is 0.552. The van der Waals surface area contributed by atoms with Gasteiger partial charge in [-0.25, -0.2) is 5.84 Å². The molecule has 0 spiro atoms. The Balaban J connectivity index is 1.57. The molecule has 4 saturated carbocycles. The van der Waals surface area contributed by atoms with E-state index in [-0.39, 0.29) is 0 Å². The maximum Gasteiger partial charge on any atom is 0.119 e. The second-order valence-corrected chi connectivity index (χ2v) is 7.03. The summed E-state index contributed by atoms with van der Waals surface area (Å²) >= 11 is 0. The predicted octanol–water partition coefficient (Wildman–Crippen LogP) is 3.20. The van der Waals surface area contributed by atoms with E-state index in [1.807, 2.05) is 12.1 Å². The molecule has 0 radical (unpaired) electrons. The quantitative estimate of drug-likeness (QED) is 0.678. The molecule has 1 aromatic carbocycles. The van der Waals surface area contributed by atoms with E-state index in [4.69, 9.17) is 10.6 Å². The average molecular weight is 272 g/mol. The summed E-state index contributed by atoms with van der Waals surface area (Å²) in [6.45, 7) is 0. The van der Waals surface area contributed by atoms with Gasteiger partial charge in [-0.2, -0.15) is 0 Å². The molecule has 1 aromatic rings. The van der Waals surface area contributed by atoms with Gasteiger partial charge in [0, 0.05) is 0 Å². The van der Waals surface area contributed by atoms with E-state index in [9.17, 15) is 0 Å². The third kappa shape index (κ3) is 1.91. The normalized spacial score (nSPS) is 38.0. The van der Waals surface area contributed by atoms with Crippen molar-refractivity contribution in [2.24, 2.45) is 29.5 Å². The fourth-order valence-corrected chi connectivity index (χ4v) is 5.28. The van der Waals surface area contributed by atoms with Crippen LogP contribution in [0, 0.1) is 23.7 Å². The van der Waals surface area contributed by atoms with Crippen molar-refractivity contribution in [3.8, 4) is 5.75 Å². The van der Waals surface area contributed by atoms with E-state index >= 15 is 0 Å². The molecular weight excluding hydrogens is 248 g/mol. The zero-order valence-corrected chi connectivity index (χ0v) is 12.2. The van der Waals surface area contributed by atoms with Crippen molar-refractivity contribution in [2.45, 2.75) is 38.1 Å². The highest BCUT2D eigenvalue weighted by atomic mass is 16.5. The summed E-state index contributed by atoms with van der Waals surface area (Å²) in [5.74, 6) is 11.0. The molecule has 3 heteroatoms. The van der Waals surface area contributed by atoms with Gasteiger partial charge < -0.3 is 9.75 Å². The molecule has 3 nitrogen and oxygen atoms in total. The number of hydrazine groups is 1. The van der Waals surface area contributed by atoms with Crippen molar-refractivity contribution < 1.29 is 4.74 Å². The molecule has 0 aliphatic heterocycles. The third-order valence-corrected chi connectivity index (χ3v) is 5.87. The molecule has 4 bridgehead atoms. The van der Waals surface area contributed by atoms with Gasteiger partial charge in [-0.05, 0) is 80.0 Å². The molecule has 0 saturated heterocycles. The van der Waals surface area contributed by atoms with E-state index in [1.54, 1.807) is 7.11 Å². The summed E-state index contributed by atoms with van der Waals surface area (Å²) in [5, 5.41) is 2.06. The van der Waals surface area contributed by atoms with Crippen LogP contribution in [0.25, 0.3) is 0 Å². The first-order chi connectivity index (χ1) is 9.74. The average Bonchev–Trinajstić information content (AvgIpc) is 2.46. The lowest BCUT2D eigenvalue weighted by molar-refractivity contribution is -0.00292. The first-order valence-corrected chi connectivity index (χ1v) is 7.92. The van der Waals surface area contributed by atoms with E-state index in [0.717, 1.165) is 35.1 Å². The molecule has 0 aromatic heterocycles. The van der Waals surface area contributed by atoms with Gasteiger partial charge in [0.25, 0.3) is 0 Å². The highest BCUT2D eigenvalue weighted by Crippen LogP contribution is 2.55. The lowest BCUT2D eigenvalue weighted by Gasteiger charge is -2.56. The zero-order chi connectivity index (χ0) is 13.7. The fraction of sp³-hybridized carbons (Fsp3) is 0.647. The highest BCUT2D eigenvalue weighted by molar-refractivity contribution is 5.49. The van der Waals surface area contributed by atoms with Gasteiger partial charge in [-0.1, -0.05) is 0 Å². The van der Waals surface area contributed by atoms with Crippen LogP contribution in [0.2, 0.25) is 0 Å². The Labute approximate surface area is 121 Å². The highest BCUT2D eigenvalue weighted by Gasteiger charge is 2.49. The van der Waals surface area contributed by atoms with Crippen LogP contribution in [-0.2, 0) is 0 Å². The molecule has 4 aliphatic rings. The standard InChI is InChI=1S/C17H24N2O/c1-20-16-4-2-15(3-5-16)19(18)17-13-7-11-6-12(9-13)10-14(17)8-11/h2-5,11-14,17H,6-10,18H2,1H3. The molecule has 0 heterocycles. The number of nitrogens with two attached hydrogens (primary N) is 1. The van der Waals surface area contributed by atoms with Gasteiger partial charge in [0.1, 0.15) is 5.75 Å². The largest absolute Gasteiger partial charge is 0.497 e. The second-order valence-electron chi connectivity index (χ2n) is 7.03. The van der Waals surface area contributed by atoms with Gasteiger partial charge in [0.2, 0.25) is 0 Å². The van der Waals surface area contributed by atoms with Crippen molar-refractivity contribution >= 4 is 5.69 Å². The summed E-state index contributed by atoms with van der Waals surface area (Å²) in [6.07, 6.45) is 7.11. The molecular formula is C17H24N2O. The Morgan fingerprint density at radius 3 is 2.00 bits per heavy atom. The fourth-order valence-electron chi connectivity index (χ4n) is 5.28. The number of anilines is 1. The SMILES string of the molecule is COc1ccc(N(N)C2C3CC4CC(C3)CC2C4)cc1. The molecule has 0 amide bonds. The molecule has 0 unspecified atom stereocenters. The minimum atomic E-state index is 0.552. The Morgan fingerprint density at radius 1 is 0.950 bits per heavy atom. The molecule has 5 rings (SSSR count). The number of nitrogens with zero attached hydrogens (tertiary/aromatic N) is 1. The number of methoxy groups -OCH3 is 1. The van der Waals surface area contributed by atoms with Crippen LogP contribution in [0.5, 0.6) is 5.75 Å². The monoisotopic (exact) mass is 272 g/mol. The smallest absolute Gasteiger partial charge is 0.119 e. The number of rotatable bonds is 3. The van der Waals surface area contributed by atoms with Gasteiger partial charge in [0.05, 0.1) is 18.8 Å². The summed E-state index contributed by atoms with van der Waals surface area (Å²) < 4.78 is 5.23. The topological polar surface area (TPSA) is 38.5 Å². The van der Waals surface area contributed by atoms with Crippen LogP contribution in [0.4, 0.5) is 5.69 Å². The molecule has 20 heavy (non-hydrogen) atoms. The first-order valence-electron chi connectivity index (χ1n) is 7.92. The van der Waals surface area contributed by atoms with Crippen molar-refractivity contribution in [1.82, 2.24) is 0 Å². The number of hydrogen-bond acceptors (Lipinski definition) is 3. The summed E-state index contributed by atoms with van der Waals surface area (Å²) in [5.41, 5.74) is 1.13. The molecule has 108 valence electrons. The maximum atomic E-state index is 6.50. The molecule has 2 N–H and O–H groups in total. The summed E-state index contributed by atoms with van der Waals surface area (Å²) in [7, 11) is 1.70. The van der Waals surface area contributed by atoms with Crippen LogP contribution < -0.4 is 15.6 Å². The summed E-state index contributed by atoms with van der Waals surface area (Å²) in [6, 6.07) is 8.74. The van der Waals surface area contributed by atoms with E-state index in [2.05, 4.69) is 17.1 Å². The van der Waals surface area contributed by atoms with Crippen molar-refractivity contribution in [2.75, 3.05) is 12.1 Å². The van der Waals surface area contributed by atoms with E-state index in [1.165, 1.54) is 32.1 Å². The molecule has 4 aliphatic carbocycles. The third-order valence-electron chi connectivity index (χ3n) is 5.87. The predicted molar refractivity (Wildman–Crippen MR) is 80.5 cm³/mol. The maximum absolute atomic E-state index is 6.50. The number of ether oxygens (including phenoxy) is 1. The van der Waals surface area contributed by atoms with Gasteiger partial charge in [-0.15, -0.1) is 0 Å². The molecule has 0 atom stereocenters. The summed E-state index contributed by atoms with van der Waals surface area (Å²) in [4.78, 5) is 0. The van der Waals surface area contributed by atoms with Crippen LogP contribution in [0.15, 0.2) is 24.3 Å². The van der Waals surface area contributed by atoms with Crippen LogP contribution >= 0.6 is 0 Å². The molecule has 4 fully saturated rings. The van der Waals surface area contributed by atoms with Crippen LogP contribution in [-0.4, -0.2) is 13.2 Å². The lowest BCUT2D eigenvalue weighted by atomic mass is 9.54. The lowest BCUT2D eigenvalue weighted by Crippen LogP contribution is -2.58. The van der Waals surface area contributed by atoms with Gasteiger partial charge in [-0.3, -0.25) is 0 Å². The Morgan fingerprint density at radius 2 is 1.50 bits per heavy atom. The Hall–Kier alpha value is -1.22. The zero-order valence-electron chi connectivity index (χ0n) is 12.2. The first kappa shape index (κ1) is 12.5. The minimum Gasteiger partial charge on any atom is -0.497 e. The van der Waals surface area contributed by atoms with Crippen LogP contribution in [0.1, 0.15) is 32.1 Å².